The number of rotatable bonds is 4. The third-order valence-corrected chi connectivity index (χ3v) is 5.07. The molecule has 5 nitrogen and oxygen atoms in total. The first-order valence-electron chi connectivity index (χ1n) is 7.39. The number of anilines is 1. The van der Waals surface area contributed by atoms with Gasteiger partial charge in [-0.2, -0.15) is 0 Å². The van der Waals surface area contributed by atoms with Crippen LogP contribution in [0.25, 0.3) is 0 Å². The van der Waals surface area contributed by atoms with Crippen molar-refractivity contribution in [2.75, 3.05) is 25.1 Å². The van der Waals surface area contributed by atoms with Crippen LogP contribution in [-0.4, -0.2) is 36.9 Å². The van der Waals surface area contributed by atoms with E-state index in [-0.39, 0.29) is 31.0 Å². The second-order valence-electron chi connectivity index (χ2n) is 5.43. The number of carbonyl (C=O) groups excluding carboxylic acids is 2. The minimum absolute atomic E-state index is 0.0193. The Morgan fingerprint density at radius 3 is 2.87 bits per heavy atom. The fraction of sp³-hybridized carbons (Fsp3) is 0.294. The molecule has 0 saturated carbocycles. The van der Waals surface area contributed by atoms with Crippen molar-refractivity contribution in [3.63, 3.8) is 0 Å². The largest absolute Gasteiger partial charge is 0.482 e. The fourth-order valence-corrected chi connectivity index (χ4v) is 3.34. The van der Waals surface area contributed by atoms with Gasteiger partial charge in [0.1, 0.15) is 12.3 Å². The van der Waals surface area contributed by atoms with Crippen molar-refractivity contribution in [1.82, 2.24) is 4.90 Å². The molecule has 1 aliphatic rings. The van der Waals surface area contributed by atoms with E-state index < -0.39 is 0 Å². The summed E-state index contributed by atoms with van der Waals surface area (Å²) < 4.78 is 5.40. The molecule has 0 saturated heterocycles. The Morgan fingerprint density at radius 1 is 1.35 bits per heavy atom. The average Bonchev–Trinajstić information content (AvgIpc) is 3.10. The smallest absolute Gasteiger partial charge is 0.265 e. The maximum absolute atomic E-state index is 12.6. The molecule has 0 N–H and O–H groups in total. The van der Waals surface area contributed by atoms with Crippen molar-refractivity contribution < 1.29 is 14.3 Å². The van der Waals surface area contributed by atoms with Crippen molar-refractivity contribution >= 4 is 28.8 Å². The predicted molar refractivity (Wildman–Crippen MR) is 89.8 cm³/mol. The summed E-state index contributed by atoms with van der Waals surface area (Å²) >= 11 is 1.62. The maximum Gasteiger partial charge on any atom is 0.265 e. The number of hydrogen-bond acceptors (Lipinski definition) is 4. The van der Waals surface area contributed by atoms with E-state index in [0.29, 0.717) is 11.4 Å². The van der Waals surface area contributed by atoms with Gasteiger partial charge in [-0.3, -0.25) is 14.5 Å². The van der Waals surface area contributed by atoms with Crippen molar-refractivity contribution in [1.29, 1.82) is 0 Å². The molecule has 0 unspecified atom stereocenters. The van der Waals surface area contributed by atoms with E-state index in [1.165, 1.54) is 4.90 Å². The summed E-state index contributed by atoms with van der Waals surface area (Å²) in [6.45, 7) is 1.97. The highest BCUT2D eigenvalue weighted by Gasteiger charge is 2.29. The van der Waals surface area contributed by atoms with E-state index in [2.05, 4.69) is 0 Å². The van der Waals surface area contributed by atoms with Crippen LogP contribution >= 0.6 is 11.3 Å². The molecular weight excluding hydrogens is 312 g/mol. The zero-order valence-electron chi connectivity index (χ0n) is 13.1. The van der Waals surface area contributed by atoms with Gasteiger partial charge >= 0.3 is 0 Å². The van der Waals surface area contributed by atoms with Gasteiger partial charge in [0.05, 0.1) is 11.7 Å². The summed E-state index contributed by atoms with van der Waals surface area (Å²) in [4.78, 5) is 29.0. The second kappa shape index (κ2) is 6.42. The van der Waals surface area contributed by atoms with Gasteiger partial charge in [0.25, 0.3) is 5.91 Å². The number of benzene rings is 1. The second-order valence-corrected chi connectivity index (χ2v) is 6.41. The van der Waals surface area contributed by atoms with E-state index >= 15 is 0 Å². The van der Waals surface area contributed by atoms with Gasteiger partial charge in [-0.15, -0.1) is 11.3 Å². The lowest BCUT2D eigenvalue weighted by Gasteiger charge is -2.31. The Labute approximate surface area is 139 Å². The van der Waals surface area contributed by atoms with Crippen molar-refractivity contribution in [2.45, 2.75) is 13.0 Å². The molecule has 120 valence electrons. The number of carbonyl (C=O) groups is 2. The topological polar surface area (TPSA) is 49.9 Å². The number of amides is 2. The minimum atomic E-state index is -0.200. The Hall–Kier alpha value is -2.34. The van der Waals surface area contributed by atoms with Crippen LogP contribution in [-0.2, 0) is 9.59 Å². The summed E-state index contributed by atoms with van der Waals surface area (Å²) in [6.07, 6.45) is 0. The molecule has 1 aromatic heterocycles. The minimum Gasteiger partial charge on any atom is -0.482 e. The van der Waals surface area contributed by atoms with Gasteiger partial charge in [-0.1, -0.05) is 18.2 Å². The molecule has 0 bridgehead atoms. The fourth-order valence-electron chi connectivity index (χ4n) is 2.51. The highest BCUT2D eigenvalue weighted by molar-refractivity contribution is 7.10. The molecule has 1 aromatic carbocycles. The zero-order valence-corrected chi connectivity index (χ0v) is 13.9. The van der Waals surface area contributed by atoms with E-state index in [1.807, 2.05) is 36.6 Å². The quantitative estimate of drug-likeness (QED) is 0.866. The summed E-state index contributed by atoms with van der Waals surface area (Å²) in [5.74, 6) is 0.332. The number of nitrogens with zero attached hydrogens (tertiary/aromatic N) is 2. The van der Waals surface area contributed by atoms with E-state index in [0.717, 1.165) is 4.88 Å². The number of ether oxygens (including phenoxy) is 1. The molecule has 0 fully saturated rings. The molecule has 23 heavy (non-hydrogen) atoms. The lowest BCUT2D eigenvalue weighted by Crippen LogP contribution is -2.46. The standard InChI is InChI=1S/C17H18N2O3S/c1-12(15-8-5-9-23-15)18(2)16(20)10-19-13-6-3-4-7-14(13)22-11-17(19)21/h3-9,12H,10-11H2,1-2H3/t12-/m0/s1. The van der Waals surface area contributed by atoms with E-state index in [9.17, 15) is 9.59 Å². The first-order valence-corrected chi connectivity index (χ1v) is 8.27. The number of hydrogen-bond donors (Lipinski definition) is 0. The van der Waals surface area contributed by atoms with Crippen LogP contribution in [0, 0.1) is 0 Å². The van der Waals surface area contributed by atoms with Crippen LogP contribution in [0.15, 0.2) is 41.8 Å². The molecule has 1 atom stereocenters. The molecule has 0 aliphatic carbocycles. The van der Waals surface area contributed by atoms with Crippen LogP contribution in [0.1, 0.15) is 17.8 Å². The number of fused-ring (bicyclic) bond motifs is 1. The van der Waals surface area contributed by atoms with Gasteiger partial charge in [-0.25, -0.2) is 0 Å². The molecule has 3 rings (SSSR count). The summed E-state index contributed by atoms with van der Waals surface area (Å²) in [5, 5.41) is 1.99. The Morgan fingerprint density at radius 2 is 2.13 bits per heavy atom. The van der Waals surface area contributed by atoms with Crippen LogP contribution < -0.4 is 9.64 Å². The lowest BCUT2D eigenvalue weighted by atomic mass is 10.2. The van der Waals surface area contributed by atoms with Crippen molar-refractivity contribution in [2.24, 2.45) is 0 Å². The van der Waals surface area contributed by atoms with Crippen molar-refractivity contribution in [3.8, 4) is 5.75 Å². The normalized spacial score (nSPS) is 14.9. The van der Waals surface area contributed by atoms with Gasteiger partial charge in [0.15, 0.2) is 6.61 Å². The molecule has 0 radical (unpaired) electrons. The summed E-state index contributed by atoms with van der Waals surface area (Å²) in [7, 11) is 1.77. The first kappa shape index (κ1) is 15.6. The van der Waals surface area contributed by atoms with Gasteiger partial charge < -0.3 is 9.64 Å². The zero-order chi connectivity index (χ0) is 16.4. The van der Waals surface area contributed by atoms with Crippen LogP contribution in [0.5, 0.6) is 5.75 Å². The highest BCUT2D eigenvalue weighted by atomic mass is 32.1. The third-order valence-electron chi connectivity index (χ3n) is 4.03. The molecule has 1 aliphatic heterocycles. The Balaban J connectivity index is 1.76. The predicted octanol–water partition coefficient (Wildman–Crippen LogP) is 2.69. The SMILES string of the molecule is C[C@@H](c1cccs1)N(C)C(=O)CN1C(=O)COc2ccccc21. The monoisotopic (exact) mass is 330 g/mol. The molecule has 6 heteroatoms. The highest BCUT2D eigenvalue weighted by Crippen LogP contribution is 2.31. The molecule has 2 amide bonds. The first-order chi connectivity index (χ1) is 11.1. The average molecular weight is 330 g/mol. The lowest BCUT2D eigenvalue weighted by molar-refractivity contribution is -0.132. The van der Waals surface area contributed by atoms with Crippen LogP contribution in [0.3, 0.4) is 0 Å². The molecule has 2 aromatic rings. The van der Waals surface area contributed by atoms with Crippen molar-refractivity contribution in [3.05, 3.63) is 46.7 Å². The van der Waals surface area contributed by atoms with Gasteiger partial charge in [0.2, 0.25) is 5.91 Å². The summed E-state index contributed by atoms with van der Waals surface area (Å²) in [5.41, 5.74) is 0.647. The third kappa shape index (κ3) is 3.07. The molecular formula is C17H18N2O3S. The van der Waals surface area contributed by atoms with Crippen LogP contribution in [0.2, 0.25) is 0 Å². The molecule has 2 heterocycles. The number of para-hydroxylation sites is 2. The van der Waals surface area contributed by atoms with E-state index in [1.54, 1.807) is 35.4 Å². The number of thiophene rings is 1. The Bertz CT molecular complexity index is 714. The van der Waals surface area contributed by atoms with Crippen LogP contribution in [0.4, 0.5) is 5.69 Å². The van der Waals surface area contributed by atoms with E-state index in [4.69, 9.17) is 4.74 Å². The molecule has 0 spiro atoms. The van der Waals surface area contributed by atoms with Gasteiger partial charge in [-0.05, 0) is 30.5 Å². The maximum atomic E-state index is 12.6. The van der Waals surface area contributed by atoms with Gasteiger partial charge in [0, 0.05) is 11.9 Å². The number of likely N-dealkylation sites (N-methyl/N-ethyl adjacent to an activating group) is 1. The summed E-state index contributed by atoms with van der Waals surface area (Å²) in [6, 6.07) is 11.2. The Kier molecular flexibility index (Phi) is 4.34.